The van der Waals surface area contributed by atoms with Gasteiger partial charge in [0.2, 0.25) is 0 Å². The molecule has 3 rings (SSSR count). The molecular weight excluding hydrogens is 338 g/mol. The third-order valence-corrected chi connectivity index (χ3v) is 4.81. The minimum Gasteiger partial charge on any atom is -0.362 e. The summed E-state index contributed by atoms with van der Waals surface area (Å²) in [6.45, 7) is 6.43. The summed E-state index contributed by atoms with van der Waals surface area (Å²) in [6, 6.07) is 6.95. The molecule has 128 valence electrons. The highest BCUT2D eigenvalue weighted by Gasteiger charge is 2.21. The number of nitro benzene ring substituents is 1. The molecule has 0 fully saturated rings. The first-order valence-corrected chi connectivity index (χ1v) is 8.62. The van der Waals surface area contributed by atoms with Gasteiger partial charge in [-0.15, -0.1) is 0 Å². The Morgan fingerprint density at radius 2 is 2.04 bits per heavy atom. The Kier molecular flexibility index (Phi) is 4.71. The third kappa shape index (κ3) is 3.34. The zero-order valence-electron chi connectivity index (χ0n) is 14.1. The second-order valence-corrected chi connectivity index (χ2v) is 6.46. The molecular formula is C17H17N5O2S. The van der Waals surface area contributed by atoms with Gasteiger partial charge in [-0.2, -0.15) is 0 Å². The zero-order valence-corrected chi connectivity index (χ0v) is 14.9. The average molecular weight is 355 g/mol. The van der Waals surface area contributed by atoms with Crippen LogP contribution in [-0.2, 0) is 0 Å². The van der Waals surface area contributed by atoms with E-state index in [-0.39, 0.29) is 10.6 Å². The van der Waals surface area contributed by atoms with Crippen LogP contribution in [0.3, 0.4) is 0 Å². The molecule has 0 spiro atoms. The number of rotatable bonds is 5. The van der Waals surface area contributed by atoms with Crippen LogP contribution in [0.25, 0.3) is 22.0 Å². The second kappa shape index (κ2) is 6.94. The van der Waals surface area contributed by atoms with Crippen molar-refractivity contribution in [3.63, 3.8) is 0 Å². The highest BCUT2D eigenvalue weighted by molar-refractivity contribution is 7.19. The maximum atomic E-state index is 11.4. The van der Waals surface area contributed by atoms with Crippen LogP contribution in [0.4, 0.5) is 10.8 Å². The predicted octanol–water partition coefficient (Wildman–Crippen LogP) is 4.22. The van der Waals surface area contributed by atoms with E-state index in [9.17, 15) is 10.1 Å². The Bertz CT molecular complexity index is 939. The van der Waals surface area contributed by atoms with Gasteiger partial charge in [0, 0.05) is 18.3 Å². The van der Waals surface area contributed by atoms with Crippen LogP contribution < -0.4 is 5.32 Å². The van der Waals surface area contributed by atoms with Crippen LogP contribution in [0, 0.1) is 24.0 Å². The average Bonchev–Trinajstić information content (AvgIpc) is 2.95. The molecule has 0 saturated heterocycles. The van der Waals surface area contributed by atoms with Gasteiger partial charge in [-0.1, -0.05) is 23.5 Å². The smallest absolute Gasteiger partial charge is 0.283 e. The molecule has 3 aromatic rings. The highest BCUT2D eigenvalue weighted by Crippen LogP contribution is 2.34. The molecule has 0 atom stereocenters. The van der Waals surface area contributed by atoms with Crippen LogP contribution in [0.2, 0.25) is 0 Å². The van der Waals surface area contributed by atoms with Crippen molar-refractivity contribution in [3.05, 3.63) is 51.8 Å². The number of hydrogen-bond acceptors (Lipinski definition) is 7. The van der Waals surface area contributed by atoms with Gasteiger partial charge in [0.25, 0.3) is 5.69 Å². The SMILES string of the molecule is CCNc1nc(C)c(-c2ccnc(-c3cccc(C)c3[N+](=O)[O-])n2)s1. The fraction of sp³-hybridized carbons (Fsp3) is 0.235. The number of thiazole rings is 1. The van der Waals surface area contributed by atoms with Crippen molar-refractivity contribution in [1.82, 2.24) is 15.0 Å². The molecule has 0 amide bonds. The van der Waals surface area contributed by atoms with Gasteiger partial charge in [0.15, 0.2) is 11.0 Å². The fourth-order valence-corrected chi connectivity index (χ4v) is 3.56. The van der Waals surface area contributed by atoms with E-state index < -0.39 is 0 Å². The minimum absolute atomic E-state index is 0.0361. The summed E-state index contributed by atoms with van der Waals surface area (Å²) in [7, 11) is 0. The van der Waals surface area contributed by atoms with Crippen molar-refractivity contribution in [2.75, 3.05) is 11.9 Å². The van der Waals surface area contributed by atoms with E-state index in [1.807, 2.05) is 13.8 Å². The Morgan fingerprint density at radius 3 is 2.76 bits per heavy atom. The lowest BCUT2D eigenvalue weighted by Gasteiger charge is -2.05. The standard InChI is InChI=1S/C17H17N5O2S/c1-4-18-17-20-11(3)15(25-17)13-8-9-19-16(21-13)12-7-5-6-10(2)14(12)22(23)24/h5-9H,4H2,1-3H3,(H,18,20). The van der Waals surface area contributed by atoms with Crippen molar-refractivity contribution >= 4 is 22.2 Å². The highest BCUT2D eigenvalue weighted by atomic mass is 32.1. The van der Waals surface area contributed by atoms with Crippen molar-refractivity contribution in [1.29, 1.82) is 0 Å². The van der Waals surface area contributed by atoms with Gasteiger partial charge >= 0.3 is 0 Å². The molecule has 25 heavy (non-hydrogen) atoms. The van der Waals surface area contributed by atoms with Crippen molar-refractivity contribution < 1.29 is 4.92 Å². The molecule has 0 unspecified atom stereocenters. The summed E-state index contributed by atoms with van der Waals surface area (Å²) < 4.78 is 0. The van der Waals surface area contributed by atoms with Crippen LogP contribution in [0.15, 0.2) is 30.5 Å². The lowest BCUT2D eigenvalue weighted by Crippen LogP contribution is -1.98. The number of aromatic nitrogens is 3. The van der Waals surface area contributed by atoms with E-state index in [1.165, 1.54) is 11.3 Å². The normalized spacial score (nSPS) is 10.7. The van der Waals surface area contributed by atoms with Crippen molar-refractivity contribution in [3.8, 4) is 22.0 Å². The molecule has 7 nitrogen and oxygen atoms in total. The van der Waals surface area contributed by atoms with Gasteiger partial charge < -0.3 is 5.32 Å². The topological polar surface area (TPSA) is 93.8 Å². The fourth-order valence-electron chi connectivity index (χ4n) is 2.56. The summed E-state index contributed by atoms with van der Waals surface area (Å²) in [5, 5.41) is 15.5. The number of nitro groups is 1. The van der Waals surface area contributed by atoms with Crippen LogP contribution in [-0.4, -0.2) is 26.4 Å². The summed E-state index contributed by atoms with van der Waals surface area (Å²) in [5.74, 6) is 0.339. The second-order valence-electron chi connectivity index (χ2n) is 5.46. The lowest BCUT2D eigenvalue weighted by molar-refractivity contribution is -0.384. The summed E-state index contributed by atoms with van der Waals surface area (Å²) >= 11 is 1.51. The molecule has 0 radical (unpaired) electrons. The van der Waals surface area contributed by atoms with Crippen LogP contribution in [0.1, 0.15) is 18.2 Å². The molecule has 0 saturated carbocycles. The minimum atomic E-state index is -0.387. The van der Waals surface area contributed by atoms with E-state index in [4.69, 9.17) is 0 Å². The Balaban J connectivity index is 2.10. The third-order valence-electron chi connectivity index (χ3n) is 3.67. The van der Waals surface area contributed by atoms with Crippen LogP contribution >= 0.6 is 11.3 Å². The summed E-state index contributed by atoms with van der Waals surface area (Å²) in [4.78, 5) is 25.3. The molecule has 1 N–H and O–H groups in total. The molecule has 2 heterocycles. The van der Waals surface area contributed by atoms with E-state index in [0.717, 1.165) is 22.2 Å². The molecule has 1 aromatic carbocycles. The molecule has 2 aromatic heterocycles. The number of nitrogens with one attached hydrogen (secondary N) is 1. The Labute approximate surface area is 149 Å². The van der Waals surface area contributed by atoms with Crippen molar-refractivity contribution in [2.45, 2.75) is 20.8 Å². The number of nitrogens with zero attached hydrogens (tertiary/aromatic N) is 4. The monoisotopic (exact) mass is 355 g/mol. The number of benzene rings is 1. The summed E-state index contributed by atoms with van der Waals surface area (Å²) in [5.41, 5.74) is 2.61. The number of para-hydroxylation sites is 1. The first-order chi connectivity index (χ1) is 12.0. The Morgan fingerprint density at radius 1 is 1.24 bits per heavy atom. The van der Waals surface area contributed by atoms with E-state index in [0.29, 0.717) is 22.6 Å². The quantitative estimate of drug-likeness (QED) is 0.544. The van der Waals surface area contributed by atoms with Gasteiger partial charge in [0.05, 0.1) is 26.8 Å². The van der Waals surface area contributed by atoms with Gasteiger partial charge in [-0.25, -0.2) is 15.0 Å². The molecule has 0 aliphatic carbocycles. The zero-order chi connectivity index (χ0) is 18.0. The Hall–Kier alpha value is -2.87. The number of aryl methyl sites for hydroxylation is 2. The van der Waals surface area contributed by atoms with E-state index in [2.05, 4.69) is 20.3 Å². The molecule has 0 aliphatic rings. The van der Waals surface area contributed by atoms with E-state index in [1.54, 1.807) is 37.4 Å². The largest absolute Gasteiger partial charge is 0.362 e. The maximum Gasteiger partial charge on any atom is 0.283 e. The number of anilines is 1. The first kappa shape index (κ1) is 17.0. The van der Waals surface area contributed by atoms with Gasteiger partial charge in [0.1, 0.15) is 0 Å². The molecule has 0 aliphatic heterocycles. The van der Waals surface area contributed by atoms with Crippen molar-refractivity contribution in [2.24, 2.45) is 0 Å². The molecule has 8 heteroatoms. The predicted molar refractivity (Wildman–Crippen MR) is 98.9 cm³/mol. The van der Waals surface area contributed by atoms with Gasteiger partial charge in [-0.3, -0.25) is 10.1 Å². The van der Waals surface area contributed by atoms with E-state index >= 15 is 0 Å². The number of hydrogen-bond donors (Lipinski definition) is 1. The lowest BCUT2D eigenvalue weighted by atomic mass is 10.1. The maximum absolute atomic E-state index is 11.4. The summed E-state index contributed by atoms with van der Waals surface area (Å²) in [6.07, 6.45) is 1.62. The van der Waals surface area contributed by atoms with Crippen LogP contribution in [0.5, 0.6) is 0 Å². The molecule has 0 bridgehead atoms. The van der Waals surface area contributed by atoms with Gasteiger partial charge in [-0.05, 0) is 32.9 Å². The first-order valence-electron chi connectivity index (χ1n) is 7.80.